The maximum Gasteiger partial charge on any atom is 0.276 e. The van der Waals surface area contributed by atoms with Crippen molar-refractivity contribution in [3.05, 3.63) is 94.5 Å². The largest absolute Gasteiger partial charge is 0.296 e. The number of nitrogens with one attached hydrogen (secondary N) is 1. The zero-order chi connectivity index (χ0) is 18.6. The molecule has 0 fully saturated rings. The van der Waals surface area contributed by atoms with Gasteiger partial charge in [-0.05, 0) is 23.8 Å². The Bertz CT molecular complexity index is 1070. The Morgan fingerprint density at radius 3 is 2.67 bits per heavy atom. The van der Waals surface area contributed by atoms with Crippen molar-refractivity contribution >= 4 is 34.0 Å². The minimum absolute atomic E-state index is 0.255. The number of carbonyl (C=O) groups is 1. The van der Waals surface area contributed by atoms with Crippen LogP contribution in [0.2, 0.25) is 5.02 Å². The minimum atomic E-state index is -0.255. The molecule has 0 saturated carbocycles. The molecule has 0 spiro atoms. The summed E-state index contributed by atoms with van der Waals surface area (Å²) >= 11 is 7.65. The zero-order valence-corrected chi connectivity index (χ0v) is 15.7. The first-order valence-electron chi connectivity index (χ1n) is 8.28. The molecule has 0 atom stereocenters. The minimum Gasteiger partial charge on any atom is -0.296 e. The summed E-state index contributed by atoms with van der Waals surface area (Å²) in [7, 11) is 0. The fourth-order valence-electron chi connectivity index (χ4n) is 2.70. The molecule has 1 N–H and O–H groups in total. The first kappa shape index (κ1) is 17.5. The Balaban J connectivity index is 1.50. The molecule has 2 aromatic heterocycles. The van der Waals surface area contributed by atoms with E-state index in [0.717, 1.165) is 21.2 Å². The molecule has 134 valence electrons. The number of benzene rings is 2. The van der Waals surface area contributed by atoms with Gasteiger partial charge in [-0.15, -0.1) is 11.3 Å². The van der Waals surface area contributed by atoms with Gasteiger partial charge in [0.25, 0.3) is 5.91 Å². The van der Waals surface area contributed by atoms with Gasteiger partial charge in [0, 0.05) is 28.2 Å². The van der Waals surface area contributed by atoms with Crippen molar-refractivity contribution in [3.8, 4) is 5.69 Å². The number of carbonyl (C=O) groups excluding carboxylic acids is 1. The molecule has 1 amide bonds. The molecule has 0 bridgehead atoms. The molecule has 0 aliphatic heterocycles. The van der Waals surface area contributed by atoms with E-state index in [0.29, 0.717) is 17.2 Å². The number of thiazole rings is 1. The van der Waals surface area contributed by atoms with Gasteiger partial charge in [0.1, 0.15) is 5.69 Å². The van der Waals surface area contributed by atoms with E-state index in [9.17, 15) is 4.79 Å². The van der Waals surface area contributed by atoms with Gasteiger partial charge in [0.05, 0.1) is 12.5 Å². The molecular weight excluding hydrogens is 380 g/mol. The predicted molar refractivity (Wildman–Crippen MR) is 108 cm³/mol. The Hall–Kier alpha value is -2.96. The van der Waals surface area contributed by atoms with E-state index < -0.39 is 0 Å². The lowest BCUT2D eigenvalue weighted by molar-refractivity contribution is 0.102. The SMILES string of the molecule is O=C(Nc1ncc(Cc2ccccc2Cl)s1)c1cncn1-c1ccccc1. The number of anilines is 1. The highest BCUT2D eigenvalue weighted by molar-refractivity contribution is 7.15. The fourth-order valence-corrected chi connectivity index (χ4v) is 3.73. The smallest absolute Gasteiger partial charge is 0.276 e. The average Bonchev–Trinajstić information content (AvgIpc) is 3.34. The number of hydrogen-bond acceptors (Lipinski definition) is 4. The van der Waals surface area contributed by atoms with Crippen LogP contribution < -0.4 is 5.32 Å². The van der Waals surface area contributed by atoms with Crippen LogP contribution in [0.25, 0.3) is 5.69 Å². The molecular formula is C20H15ClN4OS. The third kappa shape index (κ3) is 3.92. The number of nitrogens with zero attached hydrogens (tertiary/aromatic N) is 3. The van der Waals surface area contributed by atoms with E-state index in [-0.39, 0.29) is 5.91 Å². The van der Waals surface area contributed by atoms with Crippen molar-refractivity contribution in [2.75, 3.05) is 5.32 Å². The van der Waals surface area contributed by atoms with Crippen LogP contribution in [0.15, 0.2) is 73.3 Å². The van der Waals surface area contributed by atoms with Crippen LogP contribution in [0.3, 0.4) is 0 Å². The Morgan fingerprint density at radius 2 is 1.85 bits per heavy atom. The third-order valence-corrected chi connectivity index (χ3v) is 5.28. The molecule has 0 unspecified atom stereocenters. The quantitative estimate of drug-likeness (QED) is 0.527. The number of para-hydroxylation sites is 1. The molecule has 0 radical (unpaired) electrons. The second-order valence-corrected chi connectivity index (χ2v) is 7.36. The predicted octanol–water partition coefficient (Wildman–Crippen LogP) is 4.83. The average molecular weight is 395 g/mol. The summed E-state index contributed by atoms with van der Waals surface area (Å²) < 4.78 is 1.74. The van der Waals surface area contributed by atoms with Crippen molar-refractivity contribution in [1.29, 1.82) is 0 Å². The first-order chi connectivity index (χ1) is 13.2. The van der Waals surface area contributed by atoms with E-state index in [1.54, 1.807) is 23.3 Å². The van der Waals surface area contributed by atoms with E-state index in [2.05, 4.69) is 15.3 Å². The molecule has 0 saturated heterocycles. The van der Waals surface area contributed by atoms with Gasteiger partial charge in [-0.1, -0.05) is 48.0 Å². The fraction of sp³-hybridized carbons (Fsp3) is 0.0500. The van der Waals surface area contributed by atoms with Crippen LogP contribution in [0.5, 0.6) is 0 Å². The van der Waals surface area contributed by atoms with Crippen LogP contribution >= 0.6 is 22.9 Å². The number of amides is 1. The highest BCUT2D eigenvalue weighted by atomic mass is 35.5. The Labute approximate surface area is 165 Å². The van der Waals surface area contributed by atoms with Gasteiger partial charge < -0.3 is 0 Å². The number of hydrogen-bond donors (Lipinski definition) is 1. The van der Waals surface area contributed by atoms with Gasteiger partial charge >= 0.3 is 0 Å². The van der Waals surface area contributed by atoms with E-state index >= 15 is 0 Å². The lowest BCUT2D eigenvalue weighted by Crippen LogP contribution is -2.15. The summed E-state index contributed by atoms with van der Waals surface area (Å²) in [6.07, 6.45) is 5.60. The topological polar surface area (TPSA) is 59.8 Å². The number of aromatic nitrogens is 3. The van der Waals surface area contributed by atoms with Gasteiger partial charge in [-0.2, -0.15) is 0 Å². The van der Waals surface area contributed by atoms with Crippen molar-refractivity contribution in [2.45, 2.75) is 6.42 Å². The molecule has 4 aromatic rings. The van der Waals surface area contributed by atoms with Crippen LogP contribution in [0, 0.1) is 0 Å². The van der Waals surface area contributed by atoms with Gasteiger partial charge in [0.2, 0.25) is 0 Å². The lowest BCUT2D eigenvalue weighted by Gasteiger charge is -2.07. The highest BCUT2D eigenvalue weighted by Gasteiger charge is 2.15. The highest BCUT2D eigenvalue weighted by Crippen LogP contribution is 2.25. The molecule has 0 aliphatic carbocycles. The summed E-state index contributed by atoms with van der Waals surface area (Å²) in [5.74, 6) is -0.255. The van der Waals surface area contributed by atoms with Gasteiger partial charge in [0.15, 0.2) is 5.13 Å². The van der Waals surface area contributed by atoms with Crippen LogP contribution in [-0.2, 0) is 6.42 Å². The standard InChI is InChI=1S/C20H15ClN4OS/c21-17-9-5-4-6-14(17)10-16-11-23-20(27-16)24-19(26)18-12-22-13-25(18)15-7-2-1-3-8-15/h1-9,11-13H,10H2,(H,23,24,26). The van der Waals surface area contributed by atoms with Gasteiger partial charge in [-0.3, -0.25) is 14.7 Å². The summed E-state index contributed by atoms with van der Waals surface area (Å²) in [5, 5.41) is 4.12. The molecule has 4 rings (SSSR count). The van der Waals surface area contributed by atoms with Crippen LogP contribution in [0.1, 0.15) is 20.9 Å². The third-order valence-electron chi connectivity index (χ3n) is 4.00. The van der Waals surface area contributed by atoms with E-state index in [4.69, 9.17) is 11.6 Å². The normalized spacial score (nSPS) is 10.7. The monoisotopic (exact) mass is 394 g/mol. The van der Waals surface area contributed by atoms with Gasteiger partial charge in [-0.25, -0.2) is 9.97 Å². The Kier molecular flexibility index (Phi) is 5.00. The summed E-state index contributed by atoms with van der Waals surface area (Å²) in [6.45, 7) is 0. The first-order valence-corrected chi connectivity index (χ1v) is 9.47. The molecule has 7 heteroatoms. The van der Waals surface area contributed by atoms with Crippen molar-refractivity contribution in [3.63, 3.8) is 0 Å². The Morgan fingerprint density at radius 1 is 1.07 bits per heavy atom. The molecule has 5 nitrogen and oxygen atoms in total. The summed E-state index contributed by atoms with van der Waals surface area (Å²) in [6, 6.07) is 17.3. The maximum atomic E-state index is 12.7. The van der Waals surface area contributed by atoms with Crippen LogP contribution in [-0.4, -0.2) is 20.4 Å². The zero-order valence-electron chi connectivity index (χ0n) is 14.2. The number of halogens is 1. The molecule has 27 heavy (non-hydrogen) atoms. The molecule has 0 aliphatic rings. The summed E-state index contributed by atoms with van der Waals surface area (Å²) in [4.78, 5) is 22.1. The lowest BCUT2D eigenvalue weighted by atomic mass is 10.1. The second kappa shape index (κ2) is 7.73. The maximum absolute atomic E-state index is 12.7. The van der Waals surface area contributed by atoms with Crippen molar-refractivity contribution in [1.82, 2.24) is 14.5 Å². The number of rotatable bonds is 5. The molecule has 2 heterocycles. The van der Waals surface area contributed by atoms with Crippen LogP contribution in [0.4, 0.5) is 5.13 Å². The number of imidazole rings is 1. The summed E-state index contributed by atoms with van der Waals surface area (Å²) in [5.41, 5.74) is 2.35. The van der Waals surface area contributed by atoms with E-state index in [1.165, 1.54) is 11.3 Å². The second-order valence-electron chi connectivity index (χ2n) is 5.84. The van der Waals surface area contributed by atoms with Crippen molar-refractivity contribution in [2.24, 2.45) is 0 Å². The van der Waals surface area contributed by atoms with Crippen molar-refractivity contribution < 1.29 is 4.79 Å². The molecule has 2 aromatic carbocycles. The van der Waals surface area contributed by atoms with E-state index in [1.807, 2.05) is 54.6 Å².